The number of nitriles is 1. The third-order valence-corrected chi connectivity index (χ3v) is 3.77. The lowest BCUT2D eigenvalue weighted by atomic mass is 10.2. The first-order valence-corrected chi connectivity index (χ1v) is 7.55. The van der Waals surface area contributed by atoms with E-state index in [0.29, 0.717) is 11.3 Å². The fraction of sp³-hybridized carbons (Fsp3) is 0.125. The Morgan fingerprint density at radius 3 is 2.73 bits per heavy atom. The molecular formula is C16H12F2N2OS. The van der Waals surface area contributed by atoms with Gasteiger partial charge in [-0.2, -0.15) is 5.26 Å². The molecule has 0 heterocycles. The van der Waals surface area contributed by atoms with E-state index in [9.17, 15) is 13.6 Å². The monoisotopic (exact) mass is 318 g/mol. The molecule has 112 valence electrons. The average molecular weight is 318 g/mol. The second-order valence-corrected chi connectivity index (χ2v) is 5.47. The molecule has 6 heteroatoms. The summed E-state index contributed by atoms with van der Waals surface area (Å²) in [5.41, 5.74) is 1.74. The van der Waals surface area contributed by atoms with Gasteiger partial charge in [0.15, 0.2) is 11.6 Å². The summed E-state index contributed by atoms with van der Waals surface area (Å²) in [4.78, 5) is 11.7. The molecule has 0 aliphatic heterocycles. The quantitative estimate of drug-likeness (QED) is 0.914. The maximum Gasteiger partial charge on any atom is 0.234 e. The van der Waals surface area contributed by atoms with Crippen LogP contribution in [0.15, 0.2) is 42.5 Å². The molecule has 0 aromatic heterocycles. The summed E-state index contributed by atoms with van der Waals surface area (Å²) in [5.74, 6) is -1.49. The molecule has 0 unspecified atom stereocenters. The van der Waals surface area contributed by atoms with Crippen LogP contribution in [-0.2, 0) is 10.5 Å². The van der Waals surface area contributed by atoms with Crippen LogP contribution in [0.3, 0.4) is 0 Å². The number of nitrogens with zero attached hydrogens (tertiary/aromatic N) is 1. The number of hydrogen-bond acceptors (Lipinski definition) is 3. The standard InChI is InChI=1S/C16H12F2N2OS/c17-14-5-4-13(7-15(14)18)20-16(21)10-22-9-12-3-1-2-11(6-12)8-19/h1-7H,9-10H2,(H,20,21). The van der Waals surface area contributed by atoms with Crippen LogP contribution in [0.5, 0.6) is 0 Å². The Labute approximate surface area is 131 Å². The molecule has 0 fully saturated rings. The molecule has 1 N–H and O–H groups in total. The fourth-order valence-corrected chi connectivity index (χ4v) is 2.54. The molecule has 2 rings (SSSR count). The molecule has 0 saturated carbocycles. The van der Waals surface area contributed by atoms with Crippen LogP contribution in [0.25, 0.3) is 0 Å². The fourth-order valence-electron chi connectivity index (χ4n) is 1.76. The molecule has 0 radical (unpaired) electrons. The normalized spacial score (nSPS) is 10.0. The maximum absolute atomic E-state index is 13.0. The van der Waals surface area contributed by atoms with Crippen molar-refractivity contribution in [3.8, 4) is 6.07 Å². The smallest absolute Gasteiger partial charge is 0.234 e. The van der Waals surface area contributed by atoms with Crippen molar-refractivity contribution in [2.45, 2.75) is 5.75 Å². The molecule has 0 saturated heterocycles. The number of rotatable bonds is 5. The third kappa shape index (κ3) is 4.57. The topological polar surface area (TPSA) is 52.9 Å². The number of carbonyl (C=O) groups excluding carboxylic acids is 1. The largest absolute Gasteiger partial charge is 0.325 e. The van der Waals surface area contributed by atoms with Gasteiger partial charge in [-0.3, -0.25) is 4.79 Å². The summed E-state index contributed by atoms with van der Waals surface area (Å²) in [6, 6.07) is 12.4. The highest BCUT2D eigenvalue weighted by atomic mass is 32.2. The average Bonchev–Trinajstić information content (AvgIpc) is 2.51. The zero-order chi connectivity index (χ0) is 15.9. The number of halogens is 2. The summed E-state index contributed by atoms with van der Waals surface area (Å²) in [5, 5.41) is 11.3. The minimum absolute atomic E-state index is 0.176. The van der Waals surface area contributed by atoms with Gasteiger partial charge in [0.2, 0.25) is 5.91 Å². The van der Waals surface area contributed by atoms with Crippen LogP contribution in [0.1, 0.15) is 11.1 Å². The van der Waals surface area contributed by atoms with E-state index in [2.05, 4.69) is 11.4 Å². The highest BCUT2D eigenvalue weighted by Crippen LogP contribution is 2.16. The molecule has 0 atom stereocenters. The molecule has 3 nitrogen and oxygen atoms in total. The van der Waals surface area contributed by atoms with Crippen molar-refractivity contribution in [3.63, 3.8) is 0 Å². The van der Waals surface area contributed by atoms with Gasteiger partial charge >= 0.3 is 0 Å². The van der Waals surface area contributed by atoms with Crippen molar-refractivity contribution in [1.82, 2.24) is 0 Å². The van der Waals surface area contributed by atoms with Crippen molar-refractivity contribution in [1.29, 1.82) is 5.26 Å². The van der Waals surface area contributed by atoms with Gasteiger partial charge in [0.1, 0.15) is 0 Å². The first-order chi connectivity index (χ1) is 10.6. The predicted molar refractivity (Wildman–Crippen MR) is 82.3 cm³/mol. The van der Waals surface area contributed by atoms with Gasteiger partial charge < -0.3 is 5.32 Å². The van der Waals surface area contributed by atoms with Crippen LogP contribution in [0.2, 0.25) is 0 Å². The summed E-state index contributed by atoms with van der Waals surface area (Å²) < 4.78 is 25.8. The van der Waals surface area contributed by atoms with Gasteiger partial charge in [0.05, 0.1) is 17.4 Å². The summed E-state index contributed by atoms with van der Waals surface area (Å²) >= 11 is 1.37. The van der Waals surface area contributed by atoms with Crippen molar-refractivity contribution in [2.75, 3.05) is 11.1 Å². The highest BCUT2D eigenvalue weighted by Gasteiger charge is 2.06. The van der Waals surface area contributed by atoms with Gasteiger partial charge in [0.25, 0.3) is 0 Å². The molecule has 2 aromatic rings. The molecule has 22 heavy (non-hydrogen) atoms. The van der Waals surface area contributed by atoms with Gasteiger partial charge in [0, 0.05) is 17.5 Å². The lowest BCUT2D eigenvalue weighted by Crippen LogP contribution is -2.14. The highest BCUT2D eigenvalue weighted by molar-refractivity contribution is 7.99. The lowest BCUT2D eigenvalue weighted by Gasteiger charge is -2.06. The minimum Gasteiger partial charge on any atom is -0.325 e. The summed E-state index contributed by atoms with van der Waals surface area (Å²) in [7, 11) is 0. The van der Waals surface area contributed by atoms with Crippen LogP contribution in [0.4, 0.5) is 14.5 Å². The van der Waals surface area contributed by atoms with E-state index >= 15 is 0 Å². The molecule has 0 aliphatic carbocycles. The molecule has 1 amide bonds. The second kappa shape index (κ2) is 7.57. The number of benzene rings is 2. The Morgan fingerprint density at radius 2 is 2.00 bits per heavy atom. The van der Waals surface area contributed by atoms with E-state index in [-0.39, 0.29) is 17.3 Å². The number of thioether (sulfide) groups is 1. The Bertz CT molecular complexity index is 728. The van der Waals surface area contributed by atoms with Gasteiger partial charge in [-0.1, -0.05) is 12.1 Å². The van der Waals surface area contributed by atoms with Gasteiger partial charge in [-0.25, -0.2) is 8.78 Å². The Balaban J connectivity index is 1.82. The molecule has 0 spiro atoms. The summed E-state index contributed by atoms with van der Waals surface area (Å²) in [6.07, 6.45) is 0. The SMILES string of the molecule is N#Cc1cccc(CSCC(=O)Nc2ccc(F)c(F)c2)c1. The minimum atomic E-state index is -1.00. The maximum atomic E-state index is 13.0. The van der Waals surface area contributed by atoms with Crippen LogP contribution in [0, 0.1) is 23.0 Å². The Kier molecular flexibility index (Phi) is 5.50. The number of anilines is 1. The van der Waals surface area contributed by atoms with E-state index in [4.69, 9.17) is 5.26 Å². The number of hydrogen-bond donors (Lipinski definition) is 1. The van der Waals surface area contributed by atoms with Crippen molar-refractivity contribution in [3.05, 3.63) is 65.2 Å². The number of carbonyl (C=O) groups is 1. The first kappa shape index (κ1) is 16.0. The van der Waals surface area contributed by atoms with E-state index in [1.165, 1.54) is 17.8 Å². The molecule has 2 aromatic carbocycles. The van der Waals surface area contributed by atoms with E-state index in [1.807, 2.05) is 6.07 Å². The Morgan fingerprint density at radius 1 is 1.18 bits per heavy atom. The number of amides is 1. The molecular weight excluding hydrogens is 306 g/mol. The van der Waals surface area contributed by atoms with Crippen LogP contribution < -0.4 is 5.32 Å². The zero-order valence-corrected chi connectivity index (χ0v) is 12.3. The van der Waals surface area contributed by atoms with Crippen molar-refractivity contribution >= 4 is 23.4 Å². The van der Waals surface area contributed by atoms with Crippen molar-refractivity contribution < 1.29 is 13.6 Å². The molecule has 0 aliphatic rings. The molecule has 0 bridgehead atoms. The first-order valence-electron chi connectivity index (χ1n) is 6.40. The van der Waals surface area contributed by atoms with E-state index < -0.39 is 11.6 Å². The van der Waals surface area contributed by atoms with Crippen LogP contribution in [-0.4, -0.2) is 11.7 Å². The lowest BCUT2D eigenvalue weighted by molar-refractivity contribution is -0.113. The van der Waals surface area contributed by atoms with Crippen LogP contribution >= 0.6 is 11.8 Å². The van der Waals surface area contributed by atoms with Crippen molar-refractivity contribution in [2.24, 2.45) is 0 Å². The van der Waals surface area contributed by atoms with Gasteiger partial charge in [-0.05, 0) is 29.8 Å². The van der Waals surface area contributed by atoms with E-state index in [0.717, 1.165) is 17.7 Å². The zero-order valence-electron chi connectivity index (χ0n) is 11.5. The second-order valence-electron chi connectivity index (χ2n) is 4.48. The third-order valence-electron chi connectivity index (χ3n) is 2.76. The number of nitrogens with one attached hydrogen (secondary N) is 1. The summed E-state index contributed by atoms with van der Waals surface area (Å²) in [6.45, 7) is 0. The van der Waals surface area contributed by atoms with Gasteiger partial charge in [-0.15, -0.1) is 11.8 Å². The van der Waals surface area contributed by atoms with E-state index in [1.54, 1.807) is 18.2 Å². The Hall–Kier alpha value is -2.39. The predicted octanol–water partition coefficient (Wildman–Crippen LogP) is 3.71.